The van der Waals surface area contributed by atoms with Crippen LogP contribution in [0.3, 0.4) is 0 Å². The molecule has 0 spiro atoms. The Balaban J connectivity index is 3.95. The van der Waals surface area contributed by atoms with Crippen LogP contribution in [0.2, 0.25) is 0 Å². The van der Waals surface area contributed by atoms with Crippen molar-refractivity contribution in [3.05, 3.63) is 60.8 Å². The number of hydrogen-bond donors (Lipinski definition) is 2. The van der Waals surface area contributed by atoms with E-state index in [0.717, 1.165) is 51.4 Å². The van der Waals surface area contributed by atoms with E-state index in [4.69, 9.17) is 19.3 Å². The molecule has 0 bridgehead atoms. The lowest BCUT2D eigenvalue weighted by Crippen LogP contribution is -2.29. The first-order valence-electron chi connectivity index (χ1n) is 22.1. The lowest BCUT2D eigenvalue weighted by atomic mass is 10.0. The van der Waals surface area contributed by atoms with Crippen LogP contribution in [-0.2, 0) is 28.2 Å². The smallest absolute Gasteiger partial charge is 0.462 e. The van der Waals surface area contributed by atoms with Gasteiger partial charge in [-0.2, -0.15) is 0 Å². The first kappa shape index (κ1) is 52.8. The van der Waals surface area contributed by atoms with Crippen molar-refractivity contribution >= 4 is 19.8 Å². The summed E-state index contributed by atoms with van der Waals surface area (Å²) in [5, 5.41) is 0. The van der Waals surface area contributed by atoms with Crippen LogP contribution in [0.5, 0.6) is 0 Å². The second-order valence-corrected chi connectivity index (χ2v) is 15.9. The molecule has 0 amide bonds. The normalized spacial score (nSPS) is 13.0. The van der Waals surface area contributed by atoms with Crippen LogP contribution in [0, 0.1) is 0 Å². The Hall–Kier alpha value is -2.25. The lowest BCUT2D eigenvalue weighted by Gasteiger charge is -2.18. The van der Waals surface area contributed by atoms with Gasteiger partial charge in [-0.1, -0.05) is 197 Å². The van der Waals surface area contributed by atoms with E-state index in [9.17, 15) is 14.2 Å². The summed E-state index contributed by atoms with van der Waals surface area (Å²) >= 11 is 0. The van der Waals surface area contributed by atoms with Gasteiger partial charge in [0.1, 0.15) is 6.61 Å². The predicted molar refractivity (Wildman–Crippen MR) is 230 cm³/mol. The van der Waals surface area contributed by atoms with Crippen LogP contribution in [0.25, 0.3) is 0 Å². The molecule has 1 atom stereocenters. The second kappa shape index (κ2) is 41.4. The predicted octanol–water partition coefficient (Wildman–Crippen LogP) is 13.7. The molecule has 0 radical (unpaired) electrons. The maximum atomic E-state index is 12.4. The van der Waals surface area contributed by atoms with Crippen molar-refractivity contribution in [2.45, 2.75) is 206 Å². The van der Waals surface area contributed by atoms with E-state index in [2.05, 4.69) is 73.1 Å². The molecule has 0 unspecified atom stereocenters. The Kier molecular flexibility index (Phi) is 39.7. The average molecular weight is 793 g/mol. The van der Waals surface area contributed by atoms with Gasteiger partial charge >= 0.3 is 19.8 Å². The van der Waals surface area contributed by atoms with Crippen LogP contribution in [-0.4, -0.2) is 41.0 Å². The Morgan fingerprint density at radius 1 is 0.491 bits per heavy atom. The molecule has 0 saturated heterocycles. The molecule has 318 valence electrons. The molecule has 0 aliphatic rings. The van der Waals surface area contributed by atoms with Crippen LogP contribution >= 0.6 is 7.82 Å². The van der Waals surface area contributed by atoms with Gasteiger partial charge in [-0.3, -0.25) is 14.1 Å². The number of carbonyl (C=O) groups is 2. The molecule has 2 N–H and O–H groups in total. The number of ether oxygens (including phenoxy) is 2. The Bertz CT molecular complexity index is 1070. The van der Waals surface area contributed by atoms with Crippen LogP contribution in [0.15, 0.2) is 60.8 Å². The number of allylic oxidation sites excluding steroid dienone is 10. The first-order chi connectivity index (χ1) is 26.8. The molecule has 0 aromatic rings. The molecule has 0 fully saturated rings. The van der Waals surface area contributed by atoms with Gasteiger partial charge in [0.2, 0.25) is 0 Å². The third kappa shape index (κ3) is 44.3. The second-order valence-electron chi connectivity index (χ2n) is 14.6. The van der Waals surface area contributed by atoms with Crippen molar-refractivity contribution in [2.75, 3.05) is 13.2 Å². The fourth-order valence-corrected chi connectivity index (χ4v) is 6.42. The van der Waals surface area contributed by atoms with Crippen molar-refractivity contribution in [3.8, 4) is 0 Å². The maximum absolute atomic E-state index is 12.4. The Morgan fingerprint density at radius 2 is 0.873 bits per heavy atom. The highest BCUT2D eigenvalue weighted by molar-refractivity contribution is 7.46. The monoisotopic (exact) mass is 793 g/mol. The third-order valence-electron chi connectivity index (χ3n) is 9.30. The van der Waals surface area contributed by atoms with E-state index in [1.807, 2.05) is 6.08 Å². The van der Waals surface area contributed by atoms with E-state index < -0.39 is 32.5 Å². The van der Waals surface area contributed by atoms with Gasteiger partial charge in [-0.25, -0.2) is 4.57 Å². The number of phosphoric ester groups is 1. The molecule has 0 aliphatic carbocycles. The van der Waals surface area contributed by atoms with Crippen molar-refractivity contribution < 1.29 is 37.9 Å². The van der Waals surface area contributed by atoms with Gasteiger partial charge in [-0.15, -0.1) is 0 Å². The summed E-state index contributed by atoms with van der Waals surface area (Å²) in [6.45, 7) is 3.54. The van der Waals surface area contributed by atoms with E-state index in [1.165, 1.54) is 109 Å². The number of unbranched alkanes of at least 4 members (excludes halogenated alkanes) is 20. The SMILES string of the molecule is CC/C=C/C/C=C/C/C=C/C/C=C/C/C=C/CCCC(=O)O[C@H](COC(=O)CCCCCCCCCCCCCCCCCCCCCC)COP(=O)(O)O. The van der Waals surface area contributed by atoms with Crippen molar-refractivity contribution in [1.82, 2.24) is 0 Å². The standard InChI is InChI=1S/C46H81O8P/c1-3-5-7-9-11-13-15-17-19-21-22-23-25-26-28-30-32-34-36-38-40-45(47)52-42-44(43-53-55(49,50)51)54-46(48)41-39-37-35-33-31-29-27-24-20-18-16-14-12-10-8-6-4-2/h6,8,12,14,18,20,27,29,33,35,44H,3-5,7,9-11,13,15-17,19,21-26,28,30-32,34,36-43H2,1-2H3,(H2,49,50,51)/b8-6+,14-12+,20-18+,29-27+,35-33+/t44-/m1/s1. The maximum Gasteiger partial charge on any atom is 0.469 e. The Morgan fingerprint density at radius 3 is 1.29 bits per heavy atom. The summed E-state index contributed by atoms with van der Waals surface area (Å²) in [6.07, 6.45) is 52.4. The summed E-state index contributed by atoms with van der Waals surface area (Å²) in [4.78, 5) is 42.9. The molecule has 0 rings (SSSR count). The summed E-state index contributed by atoms with van der Waals surface area (Å²) in [5.74, 6) is -0.949. The van der Waals surface area contributed by atoms with Gasteiger partial charge in [-0.05, 0) is 51.4 Å². The largest absolute Gasteiger partial charge is 0.469 e. The van der Waals surface area contributed by atoms with E-state index in [1.54, 1.807) is 0 Å². The molecular weight excluding hydrogens is 711 g/mol. The number of phosphoric acid groups is 1. The molecule has 0 aliphatic heterocycles. The summed E-state index contributed by atoms with van der Waals surface area (Å²) in [7, 11) is -4.77. The fraction of sp³-hybridized carbons (Fsp3) is 0.739. The van der Waals surface area contributed by atoms with Gasteiger partial charge in [0.05, 0.1) is 6.61 Å². The zero-order valence-corrected chi connectivity index (χ0v) is 36.0. The molecule has 9 heteroatoms. The highest BCUT2D eigenvalue weighted by Gasteiger charge is 2.22. The van der Waals surface area contributed by atoms with E-state index in [-0.39, 0.29) is 19.4 Å². The minimum Gasteiger partial charge on any atom is -0.462 e. The quantitative estimate of drug-likeness (QED) is 0.0272. The lowest BCUT2D eigenvalue weighted by molar-refractivity contribution is -0.161. The number of carbonyl (C=O) groups excluding carboxylic acids is 2. The topological polar surface area (TPSA) is 119 Å². The van der Waals surface area contributed by atoms with Crippen LogP contribution in [0.1, 0.15) is 200 Å². The highest BCUT2D eigenvalue weighted by atomic mass is 31.2. The van der Waals surface area contributed by atoms with E-state index in [0.29, 0.717) is 12.8 Å². The van der Waals surface area contributed by atoms with Crippen LogP contribution in [0.4, 0.5) is 0 Å². The molecule has 55 heavy (non-hydrogen) atoms. The van der Waals surface area contributed by atoms with Gasteiger partial charge in [0.15, 0.2) is 6.10 Å². The van der Waals surface area contributed by atoms with Crippen molar-refractivity contribution in [3.63, 3.8) is 0 Å². The molecule has 0 saturated carbocycles. The van der Waals surface area contributed by atoms with Crippen LogP contribution < -0.4 is 0 Å². The third-order valence-corrected chi connectivity index (χ3v) is 9.79. The highest BCUT2D eigenvalue weighted by Crippen LogP contribution is 2.36. The van der Waals surface area contributed by atoms with Gasteiger partial charge in [0.25, 0.3) is 0 Å². The number of esters is 2. The number of rotatable bonds is 40. The summed E-state index contributed by atoms with van der Waals surface area (Å²) in [5.41, 5.74) is 0. The average Bonchev–Trinajstić information content (AvgIpc) is 3.16. The minimum absolute atomic E-state index is 0.133. The van der Waals surface area contributed by atoms with E-state index >= 15 is 0 Å². The first-order valence-corrected chi connectivity index (χ1v) is 23.6. The van der Waals surface area contributed by atoms with Crippen molar-refractivity contribution in [1.29, 1.82) is 0 Å². The molecule has 8 nitrogen and oxygen atoms in total. The molecule has 0 aromatic heterocycles. The zero-order chi connectivity index (χ0) is 40.3. The fourth-order valence-electron chi connectivity index (χ4n) is 6.06. The Labute approximate surface area is 337 Å². The molecule has 0 aromatic carbocycles. The summed E-state index contributed by atoms with van der Waals surface area (Å²) in [6, 6.07) is 0. The number of hydrogen-bond acceptors (Lipinski definition) is 6. The van der Waals surface area contributed by atoms with Gasteiger partial charge < -0.3 is 19.3 Å². The molecular formula is C46H81O8P. The van der Waals surface area contributed by atoms with Crippen molar-refractivity contribution in [2.24, 2.45) is 0 Å². The summed E-state index contributed by atoms with van der Waals surface area (Å²) < 4.78 is 26.4. The molecule has 0 heterocycles. The van der Waals surface area contributed by atoms with Gasteiger partial charge in [0, 0.05) is 12.8 Å². The minimum atomic E-state index is -4.77. The zero-order valence-electron chi connectivity index (χ0n) is 35.1.